The van der Waals surface area contributed by atoms with Crippen molar-refractivity contribution in [3.05, 3.63) is 42.1 Å². The first-order valence-corrected chi connectivity index (χ1v) is 10.6. The largest absolute Gasteiger partial charge is 0.486 e. The van der Waals surface area contributed by atoms with E-state index in [1.807, 2.05) is 12.1 Å². The summed E-state index contributed by atoms with van der Waals surface area (Å²) in [6, 6.07) is 8.26. The molecule has 0 radical (unpaired) electrons. The monoisotopic (exact) mass is 438 g/mol. The Kier molecular flexibility index (Phi) is 6.08. The number of aromatic nitrogens is 1. The highest BCUT2D eigenvalue weighted by Gasteiger charge is 2.42. The van der Waals surface area contributed by atoms with Gasteiger partial charge in [0.15, 0.2) is 11.5 Å². The van der Waals surface area contributed by atoms with Crippen LogP contribution >= 0.6 is 11.8 Å². The molecular weight excluding hydrogens is 417 g/mol. The molecule has 1 aromatic heterocycles. The lowest BCUT2D eigenvalue weighted by molar-refractivity contribution is -0.183. The highest BCUT2D eigenvalue weighted by molar-refractivity contribution is 7.99. The SMILES string of the molecule is O=C(N[C@@H]1CCC[C@H](C(F)(F)F)C1)c1cccnc1Sc1ccc2c(c1)OCCO2. The van der Waals surface area contributed by atoms with Gasteiger partial charge in [-0.15, -0.1) is 0 Å². The average Bonchev–Trinajstić information content (AvgIpc) is 2.73. The molecule has 4 rings (SSSR count). The van der Waals surface area contributed by atoms with Gasteiger partial charge in [0.1, 0.15) is 18.2 Å². The van der Waals surface area contributed by atoms with Crippen molar-refractivity contribution < 1.29 is 27.4 Å². The number of nitrogens with one attached hydrogen (secondary N) is 1. The van der Waals surface area contributed by atoms with E-state index >= 15 is 0 Å². The van der Waals surface area contributed by atoms with Crippen LogP contribution in [0.4, 0.5) is 13.2 Å². The number of alkyl halides is 3. The maximum Gasteiger partial charge on any atom is 0.391 e. The van der Waals surface area contributed by atoms with E-state index in [-0.39, 0.29) is 12.8 Å². The maximum atomic E-state index is 13.1. The van der Waals surface area contributed by atoms with E-state index in [1.54, 1.807) is 24.4 Å². The molecule has 0 unspecified atom stereocenters. The highest BCUT2D eigenvalue weighted by atomic mass is 32.2. The molecule has 1 amide bonds. The minimum absolute atomic E-state index is 0.0832. The Labute approximate surface area is 176 Å². The van der Waals surface area contributed by atoms with Crippen molar-refractivity contribution in [3.8, 4) is 11.5 Å². The smallest absolute Gasteiger partial charge is 0.391 e. The molecule has 2 aromatic rings. The van der Waals surface area contributed by atoms with E-state index in [0.29, 0.717) is 48.1 Å². The lowest BCUT2D eigenvalue weighted by atomic mass is 9.85. The van der Waals surface area contributed by atoms with Gasteiger partial charge in [0.05, 0.1) is 11.5 Å². The summed E-state index contributed by atoms with van der Waals surface area (Å²) in [6.07, 6.45) is -1.62. The van der Waals surface area contributed by atoms with Crippen LogP contribution in [-0.2, 0) is 0 Å². The van der Waals surface area contributed by atoms with Crippen LogP contribution in [0.2, 0.25) is 0 Å². The fourth-order valence-corrected chi connectivity index (χ4v) is 4.63. The predicted molar refractivity (Wildman–Crippen MR) is 105 cm³/mol. The van der Waals surface area contributed by atoms with Crippen molar-refractivity contribution in [3.63, 3.8) is 0 Å². The molecule has 1 N–H and O–H groups in total. The molecule has 1 aliphatic carbocycles. The standard InChI is InChI=1S/C21H21F3N2O3S/c22-21(23,24)13-3-1-4-14(11-13)26-19(27)16-5-2-8-25-20(16)30-15-6-7-17-18(12-15)29-10-9-28-17/h2,5-8,12-14H,1,3-4,9-11H2,(H,26,27)/t13-,14+/m0/s1. The number of amides is 1. The van der Waals surface area contributed by atoms with Crippen LogP contribution in [0.15, 0.2) is 46.5 Å². The molecule has 160 valence electrons. The Morgan fingerprint density at radius 2 is 1.93 bits per heavy atom. The van der Waals surface area contributed by atoms with Crippen LogP contribution in [0.3, 0.4) is 0 Å². The van der Waals surface area contributed by atoms with E-state index in [4.69, 9.17) is 9.47 Å². The second kappa shape index (κ2) is 8.75. The first-order chi connectivity index (χ1) is 14.4. The van der Waals surface area contributed by atoms with Gasteiger partial charge < -0.3 is 14.8 Å². The summed E-state index contributed by atoms with van der Waals surface area (Å²) in [5, 5.41) is 3.26. The highest BCUT2D eigenvalue weighted by Crippen LogP contribution is 2.39. The molecule has 0 spiro atoms. The number of halogens is 3. The van der Waals surface area contributed by atoms with Crippen molar-refractivity contribution in [2.75, 3.05) is 13.2 Å². The van der Waals surface area contributed by atoms with Gasteiger partial charge in [0.2, 0.25) is 0 Å². The zero-order valence-electron chi connectivity index (χ0n) is 16.1. The van der Waals surface area contributed by atoms with Crippen LogP contribution in [-0.4, -0.2) is 36.3 Å². The van der Waals surface area contributed by atoms with Crippen LogP contribution in [0, 0.1) is 5.92 Å². The molecule has 0 bridgehead atoms. The number of rotatable bonds is 4. The summed E-state index contributed by atoms with van der Waals surface area (Å²) in [4.78, 5) is 17.9. The Morgan fingerprint density at radius 1 is 1.13 bits per heavy atom. The van der Waals surface area contributed by atoms with E-state index in [1.165, 1.54) is 11.8 Å². The molecule has 2 heterocycles. The van der Waals surface area contributed by atoms with E-state index < -0.39 is 24.0 Å². The fraction of sp³-hybridized carbons (Fsp3) is 0.429. The molecule has 30 heavy (non-hydrogen) atoms. The minimum atomic E-state index is -4.23. The molecule has 1 aromatic carbocycles. The van der Waals surface area contributed by atoms with E-state index in [9.17, 15) is 18.0 Å². The van der Waals surface area contributed by atoms with Gasteiger partial charge in [-0.3, -0.25) is 4.79 Å². The second-order valence-electron chi connectivity index (χ2n) is 7.34. The lowest BCUT2D eigenvalue weighted by Gasteiger charge is -2.31. The second-order valence-corrected chi connectivity index (χ2v) is 8.40. The van der Waals surface area contributed by atoms with Crippen molar-refractivity contribution in [2.24, 2.45) is 5.92 Å². The molecule has 2 aliphatic rings. The number of hydrogen-bond donors (Lipinski definition) is 1. The Balaban J connectivity index is 1.47. The Hall–Kier alpha value is -2.42. The predicted octanol–water partition coefficient (Wildman–Crippen LogP) is 4.85. The summed E-state index contributed by atoms with van der Waals surface area (Å²) < 4.78 is 50.3. The number of ether oxygens (including phenoxy) is 2. The van der Waals surface area contributed by atoms with Gasteiger partial charge in [-0.05, 0) is 49.6 Å². The number of benzene rings is 1. The van der Waals surface area contributed by atoms with Gasteiger partial charge in [-0.25, -0.2) is 4.98 Å². The zero-order valence-corrected chi connectivity index (χ0v) is 16.9. The summed E-state index contributed by atoms with van der Waals surface area (Å²) in [5.41, 5.74) is 0.339. The quantitative estimate of drug-likeness (QED) is 0.739. The fourth-order valence-electron chi connectivity index (χ4n) is 3.73. The van der Waals surface area contributed by atoms with Gasteiger partial charge >= 0.3 is 6.18 Å². The third-order valence-corrected chi connectivity index (χ3v) is 6.22. The van der Waals surface area contributed by atoms with Gasteiger partial charge in [-0.2, -0.15) is 13.2 Å². The van der Waals surface area contributed by atoms with E-state index in [0.717, 1.165) is 4.90 Å². The number of fused-ring (bicyclic) bond motifs is 1. The molecule has 1 fully saturated rings. The zero-order chi connectivity index (χ0) is 21.1. The Bertz CT molecular complexity index is 923. The Morgan fingerprint density at radius 3 is 2.73 bits per heavy atom. The molecular formula is C21H21F3N2O3S. The molecule has 9 heteroatoms. The summed E-state index contributed by atoms with van der Waals surface area (Å²) >= 11 is 1.29. The summed E-state index contributed by atoms with van der Waals surface area (Å²) in [7, 11) is 0. The minimum Gasteiger partial charge on any atom is -0.486 e. The normalized spacial score (nSPS) is 21.2. The molecule has 2 atom stereocenters. The van der Waals surface area contributed by atoms with Crippen molar-refractivity contribution in [2.45, 2.75) is 47.8 Å². The first kappa shape index (κ1) is 20.8. The van der Waals surface area contributed by atoms with Gasteiger partial charge in [0, 0.05) is 17.1 Å². The molecule has 0 saturated heterocycles. The molecule has 1 saturated carbocycles. The van der Waals surface area contributed by atoms with Crippen LogP contribution in [0.1, 0.15) is 36.0 Å². The number of nitrogens with zero attached hydrogens (tertiary/aromatic N) is 1. The van der Waals surface area contributed by atoms with E-state index in [2.05, 4.69) is 10.3 Å². The summed E-state index contributed by atoms with van der Waals surface area (Å²) in [6.45, 7) is 0.971. The maximum absolute atomic E-state index is 13.1. The lowest BCUT2D eigenvalue weighted by Crippen LogP contribution is -2.41. The number of hydrogen-bond acceptors (Lipinski definition) is 5. The van der Waals surface area contributed by atoms with Crippen LogP contribution in [0.5, 0.6) is 11.5 Å². The van der Waals surface area contributed by atoms with Gasteiger partial charge in [-0.1, -0.05) is 18.2 Å². The van der Waals surface area contributed by atoms with Crippen molar-refractivity contribution in [1.29, 1.82) is 0 Å². The number of carbonyl (C=O) groups is 1. The topological polar surface area (TPSA) is 60.5 Å². The first-order valence-electron chi connectivity index (χ1n) is 9.80. The third-order valence-electron chi connectivity index (χ3n) is 5.22. The number of pyridine rings is 1. The van der Waals surface area contributed by atoms with Crippen LogP contribution < -0.4 is 14.8 Å². The van der Waals surface area contributed by atoms with Crippen molar-refractivity contribution in [1.82, 2.24) is 10.3 Å². The van der Waals surface area contributed by atoms with Crippen molar-refractivity contribution >= 4 is 17.7 Å². The average molecular weight is 438 g/mol. The summed E-state index contributed by atoms with van der Waals surface area (Å²) in [5.74, 6) is -0.470. The third kappa shape index (κ3) is 4.83. The number of carbonyl (C=O) groups excluding carboxylic acids is 1. The van der Waals surface area contributed by atoms with Gasteiger partial charge in [0.25, 0.3) is 5.91 Å². The molecule has 1 aliphatic heterocycles. The molecule has 5 nitrogen and oxygen atoms in total. The van der Waals surface area contributed by atoms with Crippen LogP contribution in [0.25, 0.3) is 0 Å².